The first kappa shape index (κ1) is 21.4. The zero-order valence-electron chi connectivity index (χ0n) is 16.6. The SMILES string of the molecule is CCC(C)CC(=O)Oc1c(C)n(C(=O)c2ccc(F)c(F)c2)c2cc(F)c(O)cc12. The summed E-state index contributed by atoms with van der Waals surface area (Å²) in [6.45, 7) is 5.28. The van der Waals surface area contributed by atoms with Crippen molar-refractivity contribution in [3.8, 4) is 11.5 Å². The van der Waals surface area contributed by atoms with E-state index < -0.39 is 35.1 Å². The number of nitrogens with zero attached hydrogens (tertiary/aromatic N) is 1. The van der Waals surface area contributed by atoms with Gasteiger partial charge in [-0.15, -0.1) is 0 Å². The number of hydrogen-bond acceptors (Lipinski definition) is 4. The Bertz CT molecular complexity index is 1150. The van der Waals surface area contributed by atoms with Crippen molar-refractivity contribution < 1.29 is 32.6 Å². The highest BCUT2D eigenvalue weighted by molar-refractivity contribution is 6.05. The Kier molecular flexibility index (Phi) is 5.87. The number of phenols is 1. The van der Waals surface area contributed by atoms with E-state index in [1.165, 1.54) is 6.92 Å². The molecule has 0 spiro atoms. The number of rotatable bonds is 5. The summed E-state index contributed by atoms with van der Waals surface area (Å²) in [6, 6.07) is 4.61. The molecule has 1 atom stereocenters. The Hall–Kier alpha value is -3.29. The first-order chi connectivity index (χ1) is 14.1. The van der Waals surface area contributed by atoms with Crippen LogP contribution in [0.3, 0.4) is 0 Å². The van der Waals surface area contributed by atoms with Crippen LogP contribution in [0.2, 0.25) is 0 Å². The van der Waals surface area contributed by atoms with Crippen molar-refractivity contribution in [2.75, 3.05) is 0 Å². The number of esters is 1. The summed E-state index contributed by atoms with van der Waals surface area (Å²) in [5.41, 5.74) is -0.00836. The summed E-state index contributed by atoms with van der Waals surface area (Å²) >= 11 is 0. The van der Waals surface area contributed by atoms with Gasteiger partial charge in [-0.1, -0.05) is 20.3 Å². The third kappa shape index (κ3) is 3.90. The first-order valence-electron chi connectivity index (χ1n) is 9.38. The van der Waals surface area contributed by atoms with E-state index >= 15 is 0 Å². The molecule has 0 saturated heterocycles. The van der Waals surface area contributed by atoms with Crippen molar-refractivity contribution in [1.29, 1.82) is 0 Å². The molecule has 0 aliphatic carbocycles. The Labute approximate surface area is 170 Å². The summed E-state index contributed by atoms with van der Waals surface area (Å²) in [6.07, 6.45) is 0.892. The number of hydrogen-bond donors (Lipinski definition) is 1. The van der Waals surface area contributed by atoms with Crippen LogP contribution >= 0.6 is 0 Å². The molecule has 1 unspecified atom stereocenters. The number of phenolic OH excluding ortho intramolecular Hbond substituents is 1. The number of aromatic hydroxyl groups is 1. The van der Waals surface area contributed by atoms with Crippen LogP contribution in [0.5, 0.6) is 11.5 Å². The Morgan fingerprint density at radius 1 is 1.10 bits per heavy atom. The number of carbonyl (C=O) groups is 2. The van der Waals surface area contributed by atoms with Gasteiger partial charge >= 0.3 is 5.97 Å². The van der Waals surface area contributed by atoms with Gasteiger partial charge in [0, 0.05) is 23.4 Å². The maximum Gasteiger partial charge on any atom is 0.311 e. The zero-order valence-corrected chi connectivity index (χ0v) is 16.6. The van der Waals surface area contributed by atoms with Crippen LogP contribution in [0.15, 0.2) is 30.3 Å². The molecule has 1 N–H and O–H groups in total. The number of halogens is 3. The van der Waals surface area contributed by atoms with Gasteiger partial charge in [0.15, 0.2) is 29.0 Å². The fourth-order valence-electron chi connectivity index (χ4n) is 3.13. The molecule has 0 aliphatic rings. The quantitative estimate of drug-likeness (QED) is 0.584. The van der Waals surface area contributed by atoms with Gasteiger partial charge in [-0.05, 0) is 37.1 Å². The van der Waals surface area contributed by atoms with E-state index in [0.29, 0.717) is 0 Å². The van der Waals surface area contributed by atoms with Gasteiger partial charge in [0.05, 0.1) is 11.2 Å². The molecule has 8 heteroatoms. The van der Waals surface area contributed by atoms with E-state index in [1.807, 2.05) is 13.8 Å². The first-order valence-corrected chi connectivity index (χ1v) is 9.38. The second-order valence-electron chi connectivity index (χ2n) is 7.20. The fraction of sp³-hybridized carbons (Fsp3) is 0.273. The van der Waals surface area contributed by atoms with E-state index in [2.05, 4.69) is 0 Å². The van der Waals surface area contributed by atoms with E-state index in [1.54, 1.807) is 0 Å². The molecule has 0 radical (unpaired) electrons. The van der Waals surface area contributed by atoms with Crippen LogP contribution in [0, 0.1) is 30.3 Å². The predicted molar refractivity (Wildman–Crippen MR) is 104 cm³/mol. The molecule has 30 heavy (non-hydrogen) atoms. The monoisotopic (exact) mass is 419 g/mol. The van der Waals surface area contributed by atoms with Crippen molar-refractivity contribution in [2.24, 2.45) is 5.92 Å². The van der Waals surface area contributed by atoms with E-state index in [0.717, 1.165) is 41.3 Å². The van der Waals surface area contributed by atoms with Crippen molar-refractivity contribution in [3.63, 3.8) is 0 Å². The molecule has 0 bridgehead atoms. The molecule has 0 amide bonds. The molecule has 0 aliphatic heterocycles. The van der Waals surface area contributed by atoms with Crippen LogP contribution in [0.25, 0.3) is 10.9 Å². The van der Waals surface area contributed by atoms with Crippen molar-refractivity contribution in [3.05, 3.63) is 59.0 Å². The van der Waals surface area contributed by atoms with Gasteiger partial charge in [-0.25, -0.2) is 13.2 Å². The lowest BCUT2D eigenvalue weighted by Gasteiger charge is -2.10. The Balaban J connectivity index is 2.15. The topological polar surface area (TPSA) is 68.5 Å². The van der Waals surface area contributed by atoms with Crippen molar-refractivity contribution >= 4 is 22.8 Å². The normalized spacial score (nSPS) is 12.2. The van der Waals surface area contributed by atoms with Crippen LogP contribution in [-0.4, -0.2) is 21.6 Å². The number of aromatic nitrogens is 1. The van der Waals surface area contributed by atoms with Crippen LogP contribution < -0.4 is 4.74 Å². The lowest BCUT2D eigenvalue weighted by molar-refractivity contribution is -0.135. The van der Waals surface area contributed by atoms with Crippen molar-refractivity contribution in [2.45, 2.75) is 33.6 Å². The number of fused-ring (bicyclic) bond motifs is 1. The van der Waals surface area contributed by atoms with Crippen LogP contribution in [-0.2, 0) is 4.79 Å². The average Bonchev–Trinajstić information content (AvgIpc) is 2.94. The highest BCUT2D eigenvalue weighted by atomic mass is 19.2. The standard InChI is InChI=1S/C22H20F3NO4/c1-4-11(2)7-20(28)30-21-12(3)26(18-10-17(25)19(27)9-14(18)21)22(29)13-5-6-15(23)16(24)8-13/h5-6,8-11,27H,4,7H2,1-3H3. The Morgan fingerprint density at radius 3 is 2.43 bits per heavy atom. The van der Waals surface area contributed by atoms with Gasteiger partial charge in [0.25, 0.3) is 5.91 Å². The zero-order chi connectivity index (χ0) is 22.2. The number of carbonyl (C=O) groups excluding carboxylic acids is 2. The van der Waals surface area contributed by atoms with Gasteiger partial charge < -0.3 is 9.84 Å². The maximum absolute atomic E-state index is 14.0. The second kappa shape index (κ2) is 8.22. The summed E-state index contributed by atoms with van der Waals surface area (Å²) in [4.78, 5) is 25.3. The third-order valence-corrected chi connectivity index (χ3v) is 5.01. The average molecular weight is 419 g/mol. The van der Waals surface area contributed by atoms with Crippen LogP contribution in [0.1, 0.15) is 42.7 Å². The lowest BCUT2D eigenvalue weighted by Crippen LogP contribution is -2.15. The molecule has 3 aromatic rings. The molecule has 5 nitrogen and oxygen atoms in total. The molecule has 2 aromatic carbocycles. The number of ether oxygens (including phenoxy) is 1. The molecular weight excluding hydrogens is 399 g/mol. The van der Waals surface area contributed by atoms with Crippen LogP contribution in [0.4, 0.5) is 13.2 Å². The summed E-state index contributed by atoms with van der Waals surface area (Å²) in [5.74, 6) is -5.25. The second-order valence-corrected chi connectivity index (χ2v) is 7.20. The lowest BCUT2D eigenvalue weighted by atomic mass is 10.1. The highest BCUT2D eigenvalue weighted by Gasteiger charge is 2.25. The molecule has 3 rings (SSSR count). The van der Waals surface area contributed by atoms with Crippen molar-refractivity contribution in [1.82, 2.24) is 4.57 Å². The minimum absolute atomic E-state index is 0.00969. The van der Waals surface area contributed by atoms with E-state index in [4.69, 9.17) is 4.74 Å². The Morgan fingerprint density at radius 2 is 1.80 bits per heavy atom. The molecule has 1 heterocycles. The smallest absolute Gasteiger partial charge is 0.311 e. The van der Waals surface area contributed by atoms with Gasteiger partial charge in [0.2, 0.25) is 0 Å². The van der Waals surface area contributed by atoms with E-state index in [9.17, 15) is 27.9 Å². The van der Waals surface area contributed by atoms with Gasteiger partial charge in [-0.3, -0.25) is 14.2 Å². The summed E-state index contributed by atoms with van der Waals surface area (Å²) < 4.78 is 47.4. The maximum atomic E-state index is 14.0. The minimum Gasteiger partial charge on any atom is -0.505 e. The minimum atomic E-state index is -1.21. The number of benzene rings is 2. The molecule has 158 valence electrons. The summed E-state index contributed by atoms with van der Waals surface area (Å²) in [5, 5.41) is 9.92. The van der Waals surface area contributed by atoms with E-state index in [-0.39, 0.29) is 40.2 Å². The van der Waals surface area contributed by atoms with Gasteiger partial charge in [0.1, 0.15) is 0 Å². The summed E-state index contributed by atoms with van der Waals surface area (Å²) in [7, 11) is 0. The van der Waals surface area contributed by atoms with Gasteiger partial charge in [-0.2, -0.15) is 0 Å². The molecule has 0 fully saturated rings. The highest BCUT2D eigenvalue weighted by Crippen LogP contribution is 2.37. The molecule has 0 saturated carbocycles. The fourth-order valence-corrected chi connectivity index (χ4v) is 3.13. The predicted octanol–water partition coefficient (Wildman–Crippen LogP) is 5.10. The largest absolute Gasteiger partial charge is 0.505 e. The molecular formula is C22H20F3NO4. The third-order valence-electron chi connectivity index (χ3n) is 5.01. The molecule has 1 aromatic heterocycles.